The molecule has 6 heteroatoms. The summed E-state index contributed by atoms with van der Waals surface area (Å²) < 4.78 is 1.81. The predicted molar refractivity (Wildman–Crippen MR) is 109 cm³/mol. The number of para-hydroxylation sites is 1. The van der Waals surface area contributed by atoms with Gasteiger partial charge in [0.05, 0.1) is 6.04 Å². The first-order valence-electron chi connectivity index (χ1n) is 9.91. The van der Waals surface area contributed by atoms with E-state index in [1.54, 1.807) is 11.0 Å². The van der Waals surface area contributed by atoms with Crippen LogP contribution in [0.5, 0.6) is 0 Å². The fourth-order valence-corrected chi connectivity index (χ4v) is 4.50. The first-order valence-corrected chi connectivity index (χ1v) is 9.91. The van der Waals surface area contributed by atoms with Gasteiger partial charge in [-0.15, -0.1) is 5.10 Å². The van der Waals surface area contributed by atoms with Crippen molar-refractivity contribution >= 4 is 10.9 Å². The number of aryl methyl sites for hydroxylation is 2. The number of H-pyrrole nitrogens is 1. The SMILES string of the molecule is Cc1ccccc1C1c2[nH]c3ccccc3c2CCN1CCCn1cnnn1. The van der Waals surface area contributed by atoms with Gasteiger partial charge in [-0.25, -0.2) is 4.68 Å². The molecule has 1 atom stereocenters. The van der Waals surface area contributed by atoms with Crippen molar-refractivity contribution in [3.8, 4) is 0 Å². The topological polar surface area (TPSA) is 62.6 Å². The molecule has 0 amide bonds. The molecule has 6 nitrogen and oxygen atoms in total. The van der Waals surface area contributed by atoms with Gasteiger partial charge in [0.15, 0.2) is 0 Å². The Balaban J connectivity index is 1.51. The summed E-state index contributed by atoms with van der Waals surface area (Å²) in [5.41, 5.74) is 6.79. The van der Waals surface area contributed by atoms with Gasteiger partial charge in [-0.2, -0.15) is 0 Å². The van der Waals surface area contributed by atoms with Crippen LogP contribution in [0.3, 0.4) is 0 Å². The summed E-state index contributed by atoms with van der Waals surface area (Å²) in [4.78, 5) is 6.35. The molecule has 0 saturated heterocycles. The number of rotatable bonds is 5. The van der Waals surface area contributed by atoms with Crippen LogP contribution < -0.4 is 0 Å². The van der Waals surface area contributed by atoms with Gasteiger partial charge in [0.1, 0.15) is 6.33 Å². The van der Waals surface area contributed by atoms with Crippen LogP contribution in [0, 0.1) is 6.92 Å². The Labute approximate surface area is 164 Å². The lowest BCUT2D eigenvalue weighted by Gasteiger charge is -2.37. The average Bonchev–Trinajstić information content (AvgIpc) is 3.36. The molecule has 28 heavy (non-hydrogen) atoms. The van der Waals surface area contributed by atoms with Gasteiger partial charge < -0.3 is 4.98 Å². The number of tetrazole rings is 1. The molecule has 2 aromatic heterocycles. The Kier molecular flexibility index (Phi) is 4.41. The van der Waals surface area contributed by atoms with Crippen LogP contribution in [0.4, 0.5) is 0 Å². The average molecular weight is 372 g/mol. The number of hydrogen-bond donors (Lipinski definition) is 1. The van der Waals surface area contributed by atoms with Crippen molar-refractivity contribution in [3.63, 3.8) is 0 Å². The smallest absolute Gasteiger partial charge is 0.138 e. The fourth-order valence-electron chi connectivity index (χ4n) is 4.50. The Hall–Kier alpha value is -2.99. The largest absolute Gasteiger partial charge is 0.357 e. The molecule has 3 heterocycles. The maximum Gasteiger partial charge on any atom is 0.138 e. The van der Waals surface area contributed by atoms with Crippen LogP contribution in [0.25, 0.3) is 10.9 Å². The number of hydrogen-bond acceptors (Lipinski definition) is 4. The van der Waals surface area contributed by atoms with Gasteiger partial charge in [0, 0.05) is 36.2 Å². The van der Waals surface area contributed by atoms with Crippen molar-refractivity contribution in [2.24, 2.45) is 0 Å². The van der Waals surface area contributed by atoms with Gasteiger partial charge >= 0.3 is 0 Å². The van der Waals surface area contributed by atoms with Crippen molar-refractivity contribution in [2.45, 2.75) is 32.4 Å². The second kappa shape index (κ2) is 7.20. The van der Waals surface area contributed by atoms with Gasteiger partial charge in [-0.1, -0.05) is 42.5 Å². The molecule has 0 fully saturated rings. The highest BCUT2D eigenvalue weighted by atomic mass is 15.5. The third kappa shape index (κ3) is 2.99. The molecular weight excluding hydrogens is 348 g/mol. The third-order valence-corrected chi connectivity index (χ3v) is 5.84. The summed E-state index contributed by atoms with van der Waals surface area (Å²) in [6, 6.07) is 17.7. The van der Waals surface area contributed by atoms with E-state index in [1.807, 2.05) is 0 Å². The van der Waals surface area contributed by atoms with Crippen molar-refractivity contribution < 1.29 is 0 Å². The summed E-state index contributed by atoms with van der Waals surface area (Å²) in [5, 5.41) is 12.8. The highest BCUT2D eigenvalue weighted by Gasteiger charge is 2.31. The van der Waals surface area contributed by atoms with Crippen LogP contribution in [0.15, 0.2) is 54.9 Å². The van der Waals surface area contributed by atoms with E-state index in [4.69, 9.17) is 0 Å². The molecular formula is C22H24N6. The first-order chi connectivity index (χ1) is 13.8. The number of benzene rings is 2. The second-order valence-corrected chi connectivity index (χ2v) is 7.53. The third-order valence-electron chi connectivity index (χ3n) is 5.84. The van der Waals surface area contributed by atoms with E-state index in [9.17, 15) is 0 Å². The Morgan fingerprint density at radius 2 is 1.93 bits per heavy atom. The number of aromatic nitrogens is 5. The predicted octanol–water partition coefficient (Wildman–Crippen LogP) is 3.50. The number of nitrogens with zero attached hydrogens (tertiary/aromatic N) is 5. The number of fused-ring (bicyclic) bond motifs is 3. The molecule has 1 aliphatic heterocycles. The van der Waals surface area contributed by atoms with E-state index in [0.29, 0.717) is 0 Å². The Morgan fingerprint density at radius 3 is 2.79 bits per heavy atom. The summed E-state index contributed by atoms with van der Waals surface area (Å²) in [6.07, 6.45) is 3.78. The van der Waals surface area contributed by atoms with Crippen molar-refractivity contribution in [1.29, 1.82) is 0 Å². The molecule has 4 aromatic rings. The molecule has 142 valence electrons. The highest BCUT2D eigenvalue weighted by molar-refractivity contribution is 5.85. The van der Waals surface area contributed by atoms with E-state index in [0.717, 1.165) is 32.5 Å². The number of aromatic amines is 1. The zero-order valence-electron chi connectivity index (χ0n) is 16.0. The zero-order chi connectivity index (χ0) is 18.9. The lowest BCUT2D eigenvalue weighted by molar-refractivity contribution is 0.203. The lowest BCUT2D eigenvalue weighted by Crippen LogP contribution is -2.37. The highest BCUT2D eigenvalue weighted by Crippen LogP contribution is 2.39. The molecule has 0 bridgehead atoms. The molecule has 0 saturated carbocycles. The van der Waals surface area contributed by atoms with Crippen molar-refractivity contribution in [1.82, 2.24) is 30.1 Å². The van der Waals surface area contributed by atoms with Crippen molar-refractivity contribution in [2.75, 3.05) is 13.1 Å². The van der Waals surface area contributed by atoms with Crippen LogP contribution in [0.1, 0.15) is 34.8 Å². The summed E-state index contributed by atoms with van der Waals surface area (Å²) in [6.45, 7) is 5.12. The molecule has 0 aliphatic carbocycles. The van der Waals surface area contributed by atoms with Crippen LogP contribution >= 0.6 is 0 Å². The monoisotopic (exact) mass is 372 g/mol. The van der Waals surface area contributed by atoms with Crippen LogP contribution in [-0.4, -0.2) is 43.2 Å². The molecule has 2 aromatic carbocycles. The minimum absolute atomic E-state index is 0.256. The summed E-state index contributed by atoms with van der Waals surface area (Å²) >= 11 is 0. The second-order valence-electron chi connectivity index (χ2n) is 7.53. The van der Waals surface area contributed by atoms with Gasteiger partial charge in [-0.05, 0) is 52.9 Å². The normalized spacial score (nSPS) is 17.1. The molecule has 0 spiro atoms. The lowest BCUT2D eigenvalue weighted by atomic mass is 9.90. The Morgan fingerprint density at radius 1 is 1.07 bits per heavy atom. The molecule has 1 N–H and O–H groups in total. The zero-order valence-corrected chi connectivity index (χ0v) is 16.0. The van der Waals surface area contributed by atoms with E-state index >= 15 is 0 Å². The quantitative estimate of drug-likeness (QED) is 0.582. The maximum atomic E-state index is 3.99. The minimum Gasteiger partial charge on any atom is -0.357 e. The van der Waals surface area contributed by atoms with E-state index in [-0.39, 0.29) is 6.04 Å². The van der Waals surface area contributed by atoms with Crippen LogP contribution in [-0.2, 0) is 13.0 Å². The maximum absolute atomic E-state index is 3.99. The molecule has 5 rings (SSSR count). The van der Waals surface area contributed by atoms with E-state index < -0.39 is 0 Å². The molecule has 0 radical (unpaired) electrons. The van der Waals surface area contributed by atoms with E-state index in [2.05, 4.69) is 80.9 Å². The van der Waals surface area contributed by atoms with E-state index in [1.165, 1.54) is 33.3 Å². The summed E-state index contributed by atoms with van der Waals surface area (Å²) in [5.74, 6) is 0. The fraction of sp³-hybridized carbons (Fsp3) is 0.318. The molecule has 1 unspecified atom stereocenters. The van der Waals surface area contributed by atoms with Gasteiger partial charge in [-0.3, -0.25) is 4.90 Å². The first kappa shape index (κ1) is 17.1. The van der Waals surface area contributed by atoms with Gasteiger partial charge in [0.2, 0.25) is 0 Å². The summed E-state index contributed by atoms with van der Waals surface area (Å²) in [7, 11) is 0. The van der Waals surface area contributed by atoms with Crippen molar-refractivity contribution in [3.05, 3.63) is 77.2 Å². The van der Waals surface area contributed by atoms with Gasteiger partial charge in [0.25, 0.3) is 0 Å². The van der Waals surface area contributed by atoms with Crippen LogP contribution in [0.2, 0.25) is 0 Å². The molecule has 1 aliphatic rings. The minimum atomic E-state index is 0.256. The Bertz CT molecular complexity index is 1080. The number of nitrogens with one attached hydrogen (secondary N) is 1. The standard InChI is InChI=1S/C22H24N6/c1-16-7-2-3-8-17(16)22-21-19(18-9-4-5-10-20(18)24-21)11-14-27(22)12-6-13-28-15-23-25-26-28/h2-5,7-10,15,22,24H,6,11-14H2,1H3.